The zero-order chi connectivity index (χ0) is 10.4. The van der Waals surface area contributed by atoms with Crippen LogP contribution in [0.3, 0.4) is 0 Å². The summed E-state index contributed by atoms with van der Waals surface area (Å²) in [6.07, 6.45) is 4.69. The minimum atomic E-state index is -0.227. The molecule has 1 rings (SSSR count). The monoisotopic (exact) mass is 192 g/mol. The van der Waals surface area contributed by atoms with Crippen LogP contribution in [-0.2, 0) is 6.54 Å². The third-order valence-electron chi connectivity index (χ3n) is 2.04. The molecule has 0 saturated heterocycles. The predicted molar refractivity (Wildman–Crippen MR) is 54.5 cm³/mol. The highest BCUT2D eigenvalue weighted by Crippen LogP contribution is 2.10. The lowest BCUT2D eigenvalue weighted by molar-refractivity contribution is 0.617. The molecule has 0 spiro atoms. The van der Waals surface area contributed by atoms with E-state index in [1.54, 1.807) is 6.20 Å². The van der Waals surface area contributed by atoms with Gasteiger partial charge in [0.1, 0.15) is 6.04 Å². The molecule has 76 valence electrons. The molecule has 1 N–H and O–H groups in total. The van der Waals surface area contributed by atoms with Gasteiger partial charge < -0.3 is 0 Å². The largest absolute Gasteiger partial charge is 0.298 e. The van der Waals surface area contributed by atoms with Gasteiger partial charge in [-0.3, -0.25) is 10.00 Å². The number of hydrogen-bond donors (Lipinski definition) is 1. The molecule has 1 atom stereocenters. The number of nitriles is 1. The van der Waals surface area contributed by atoms with Crippen molar-refractivity contribution in [2.45, 2.75) is 32.9 Å². The fourth-order valence-corrected chi connectivity index (χ4v) is 1.23. The van der Waals surface area contributed by atoms with Crippen molar-refractivity contribution in [2.75, 3.05) is 6.54 Å². The van der Waals surface area contributed by atoms with Crippen molar-refractivity contribution in [3.63, 3.8) is 0 Å². The van der Waals surface area contributed by atoms with Gasteiger partial charge in [0, 0.05) is 18.3 Å². The van der Waals surface area contributed by atoms with Crippen molar-refractivity contribution in [2.24, 2.45) is 0 Å². The maximum absolute atomic E-state index is 8.94. The molecule has 0 aliphatic carbocycles. The van der Waals surface area contributed by atoms with Crippen molar-refractivity contribution in [3.05, 3.63) is 18.0 Å². The third kappa shape index (κ3) is 2.57. The van der Waals surface area contributed by atoms with Gasteiger partial charge in [0.2, 0.25) is 0 Å². The van der Waals surface area contributed by atoms with Crippen LogP contribution in [0.1, 0.15) is 31.9 Å². The van der Waals surface area contributed by atoms with Crippen LogP contribution in [0.15, 0.2) is 12.4 Å². The zero-order valence-corrected chi connectivity index (χ0v) is 8.70. The van der Waals surface area contributed by atoms with Crippen LogP contribution in [0, 0.1) is 11.3 Å². The number of nitrogens with one attached hydrogen (secondary N) is 1. The summed E-state index contributed by atoms with van der Waals surface area (Å²) in [5.74, 6) is 0. The van der Waals surface area contributed by atoms with Crippen LogP contribution in [-0.4, -0.2) is 16.3 Å². The molecule has 1 aromatic rings. The lowest BCUT2D eigenvalue weighted by Crippen LogP contribution is -2.20. The quantitative estimate of drug-likeness (QED) is 0.768. The van der Waals surface area contributed by atoms with E-state index >= 15 is 0 Å². The molecule has 0 fully saturated rings. The molecule has 4 nitrogen and oxygen atoms in total. The second-order valence-corrected chi connectivity index (χ2v) is 3.15. The molecule has 0 amide bonds. The number of aryl methyl sites for hydroxylation is 1. The first-order valence-corrected chi connectivity index (χ1v) is 4.97. The van der Waals surface area contributed by atoms with Crippen molar-refractivity contribution in [1.29, 1.82) is 5.26 Å². The topological polar surface area (TPSA) is 53.6 Å². The minimum Gasteiger partial charge on any atom is -0.298 e. The van der Waals surface area contributed by atoms with Gasteiger partial charge in [-0.2, -0.15) is 10.4 Å². The van der Waals surface area contributed by atoms with E-state index < -0.39 is 0 Å². The molecule has 0 aromatic carbocycles. The van der Waals surface area contributed by atoms with Crippen molar-refractivity contribution >= 4 is 0 Å². The number of hydrogen-bond acceptors (Lipinski definition) is 3. The maximum Gasteiger partial charge on any atom is 0.124 e. The molecule has 1 aromatic heterocycles. The lowest BCUT2D eigenvalue weighted by atomic mass is 10.2. The molecule has 14 heavy (non-hydrogen) atoms. The van der Waals surface area contributed by atoms with Gasteiger partial charge in [-0.05, 0) is 19.9 Å². The summed E-state index contributed by atoms with van der Waals surface area (Å²) in [7, 11) is 0. The summed E-state index contributed by atoms with van der Waals surface area (Å²) in [5.41, 5.74) is 0.947. The fourth-order valence-electron chi connectivity index (χ4n) is 1.23. The zero-order valence-electron chi connectivity index (χ0n) is 8.70. The molecule has 4 heteroatoms. The highest BCUT2D eigenvalue weighted by atomic mass is 15.3. The molecule has 0 bridgehead atoms. The van der Waals surface area contributed by atoms with Crippen molar-refractivity contribution < 1.29 is 0 Å². The third-order valence-corrected chi connectivity index (χ3v) is 2.04. The number of nitrogens with zero attached hydrogens (tertiary/aromatic N) is 3. The maximum atomic E-state index is 8.94. The predicted octanol–water partition coefficient (Wildman–Crippen LogP) is 1.47. The van der Waals surface area contributed by atoms with E-state index in [0.29, 0.717) is 0 Å². The van der Waals surface area contributed by atoms with Crippen LogP contribution < -0.4 is 5.32 Å². The van der Waals surface area contributed by atoms with E-state index in [9.17, 15) is 0 Å². The molecule has 0 radical (unpaired) electrons. The second kappa shape index (κ2) is 5.40. The summed E-state index contributed by atoms with van der Waals surface area (Å²) in [4.78, 5) is 0. The molecular formula is C10H16N4. The molecule has 1 heterocycles. The first-order valence-electron chi connectivity index (χ1n) is 4.97. The standard InChI is InChI=1S/C10H16N4/c1-3-5-12-10(6-11)9-7-13-14(4-2)8-9/h7-8,10,12H,3-5H2,1-2H3. The number of rotatable bonds is 5. The Kier molecular flexibility index (Phi) is 4.14. The van der Waals surface area contributed by atoms with Crippen LogP contribution >= 0.6 is 0 Å². The Morgan fingerprint density at radius 2 is 2.43 bits per heavy atom. The van der Waals surface area contributed by atoms with E-state index in [1.807, 2.05) is 17.8 Å². The Morgan fingerprint density at radius 1 is 1.64 bits per heavy atom. The average Bonchev–Trinajstić information content (AvgIpc) is 2.68. The van der Waals surface area contributed by atoms with Crippen LogP contribution in [0.4, 0.5) is 0 Å². The van der Waals surface area contributed by atoms with Crippen molar-refractivity contribution in [1.82, 2.24) is 15.1 Å². The van der Waals surface area contributed by atoms with Gasteiger partial charge in [-0.1, -0.05) is 6.92 Å². The fraction of sp³-hybridized carbons (Fsp3) is 0.600. The summed E-state index contributed by atoms with van der Waals surface area (Å²) in [6.45, 7) is 5.80. The summed E-state index contributed by atoms with van der Waals surface area (Å²) in [6, 6.07) is 2.00. The first kappa shape index (κ1) is 10.7. The number of aromatic nitrogens is 2. The Morgan fingerprint density at radius 3 is 2.93 bits per heavy atom. The van der Waals surface area contributed by atoms with E-state index in [0.717, 1.165) is 25.1 Å². The first-order chi connectivity index (χ1) is 6.81. The SMILES string of the molecule is CCCNC(C#N)c1cnn(CC)c1. The van der Waals surface area contributed by atoms with Gasteiger partial charge in [0.15, 0.2) is 0 Å². The van der Waals surface area contributed by atoms with Crippen LogP contribution in [0.25, 0.3) is 0 Å². The van der Waals surface area contributed by atoms with Gasteiger partial charge in [0.25, 0.3) is 0 Å². The minimum absolute atomic E-state index is 0.227. The Labute approximate surface area is 84.5 Å². The van der Waals surface area contributed by atoms with E-state index in [4.69, 9.17) is 5.26 Å². The van der Waals surface area contributed by atoms with Crippen LogP contribution in [0.5, 0.6) is 0 Å². The van der Waals surface area contributed by atoms with Gasteiger partial charge in [-0.15, -0.1) is 0 Å². The van der Waals surface area contributed by atoms with Gasteiger partial charge >= 0.3 is 0 Å². The average molecular weight is 192 g/mol. The summed E-state index contributed by atoms with van der Waals surface area (Å²) < 4.78 is 1.83. The Hall–Kier alpha value is -1.34. The smallest absolute Gasteiger partial charge is 0.124 e. The molecule has 1 unspecified atom stereocenters. The van der Waals surface area contributed by atoms with E-state index in [2.05, 4.69) is 23.4 Å². The van der Waals surface area contributed by atoms with Gasteiger partial charge in [-0.25, -0.2) is 0 Å². The normalized spacial score (nSPS) is 12.4. The van der Waals surface area contributed by atoms with E-state index in [1.165, 1.54) is 0 Å². The van der Waals surface area contributed by atoms with Gasteiger partial charge in [0.05, 0.1) is 12.3 Å². The Balaban J connectivity index is 2.65. The molecular weight excluding hydrogens is 176 g/mol. The summed E-state index contributed by atoms with van der Waals surface area (Å²) in [5, 5.41) is 16.2. The highest BCUT2D eigenvalue weighted by Gasteiger charge is 2.10. The highest BCUT2D eigenvalue weighted by molar-refractivity contribution is 5.17. The summed E-state index contributed by atoms with van der Waals surface area (Å²) >= 11 is 0. The van der Waals surface area contributed by atoms with Crippen LogP contribution in [0.2, 0.25) is 0 Å². The second-order valence-electron chi connectivity index (χ2n) is 3.15. The lowest BCUT2D eigenvalue weighted by Gasteiger charge is -2.07. The molecule has 0 aliphatic heterocycles. The van der Waals surface area contributed by atoms with Crippen molar-refractivity contribution in [3.8, 4) is 6.07 Å². The molecule has 0 saturated carbocycles. The molecule has 0 aliphatic rings. The Bertz CT molecular complexity index is 310. The van der Waals surface area contributed by atoms with E-state index in [-0.39, 0.29) is 6.04 Å².